The lowest BCUT2D eigenvalue weighted by atomic mass is 9.83. The molecule has 2 atom stereocenters. The van der Waals surface area contributed by atoms with Crippen molar-refractivity contribution in [2.75, 3.05) is 6.61 Å². The van der Waals surface area contributed by atoms with Crippen molar-refractivity contribution in [3.63, 3.8) is 0 Å². The molecule has 1 N–H and O–H groups in total. The van der Waals surface area contributed by atoms with Gasteiger partial charge in [-0.25, -0.2) is 0 Å². The van der Waals surface area contributed by atoms with Crippen LogP contribution in [0.15, 0.2) is 12.2 Å². The van der Waals surface area contributed by atoms with E-state index < -0.39 is 18.0 Å². The van der Waals surface area contributed by atoms with E-state index in [1.807, 2.05) is 0 Å². The summed E-state index contributed by atoms with van der Waals surface area (Å²) in [5.41, 5.74) is 0. The number of hydrogen-bond acceptors (Lipinski definition) is 1. The molecule has 0 saturated heterocycles. The molecule has 4 heteroatoms. The molecule has 0 aromatic carbocycles. The second-order valence-corrected chi connectivity index (χ2v) is 3.03. The number of rotatable bonds is 1. The van der Waals surface area contributed by atoms with E-state index in [2.05, 4.69) is 0 Å². The van der Waals surface area contributed by atoms with Crippen molar-refractivity contribution in [2.45, 2.75) is 19.0 Å². The zero-order valence-electron chi connectivity index (χ0n) is 6.51. The molecule has 2 unspecified atom stereocenters. The SMILES string of the molecule is OCC1CC=CCC1C(F)(F)F. The zero-order valence-corrected chi connectivity index (χ0v) is 6.51. The fraction of sp³-hybridized carbons (Fsp3) is 0.750. The van der Waals surface area contributed by atoms with Gasteiger partial charge in [-0.15, -0.1) is 0 Å². The van der Waals surface area contributed by atoms with E-state index in [4.69, 9.17) is 5.11 Å². The Labute approximate surface area is 68.9 Å². The Bertz CT molecular complexity index is 174. The van der Waals surface area contributed by atoms with Gasteiger partial charge in [0, 0.05) is 6.61 Å². The van der Waals surface area contributed by atoms with Crippen molar-refractivity contribution in [2.24, 2.45) is 11.8 Å². The number of alkyl halides is 3. The van der Waals surface area contributed by atoms with Crippen molar-refractivity contribution in [3.8, 4) is 0 Å². The molecule has 1 aliphatic carbocycles. The van der Waals surface area contributed by atoms with Gasteiger partial charge < -0.3 is 5.11 Å². The Morgan fingerprint density at radius 1 is 1.25 bits per heavy atom. The highest BCUT2D eigenvalue weighted by Crippen LogP contribution is 2.38. The fourth-order valence-corrected chi connectivity index (χ4v) is 1.47. The van der Waals surface area contributed by atoms with Crippen LogP contribution in [0, 0.1) is 11.8 Å². The molecule has 1 rings (SSSR count). The molecule has 0 aliphatic heterocycles. The molecular formula is C8H11F3O. The maximum absolute atomic E-state index is 12.2. The van der Waals surface area contributed by atoms with E-state index in [1.165, 1.54) is 6.08 Å². The minimum absolute atomic E-state index is 0.00866. The maximum Gasteiger partial charge on any atom is 0.392 e. The lowest BCUT2D eigenvalue weighted by Crippen LogP contribution is -2.33. The van der Waals surface area contributed by atoms with Crippen LogP contribution in [0.1, 0.15) is 12.8 Å². The summed E-state index contributed by atoms with van der Waals surface area (Å²) in [6.45, 7) is -0.380. The first-order chi connectivity index (χ1) is 5.55. The van der Waals surface area contributed by atoms with Crippen molar-refractivity contribution < 1.29 is 18.3 Å². The van der Waals surface area contributed by atoms with E-state index in [1.54, 1.807) is 6.08 Å². The molecule has 1 aliphatic rings. The first kappa shape index (κ1) is 9.58. The second kappa shape index (κ2) is 3.47. The van der Waals surface area contributed by atoms with Crippen LogP contribution in [0.4, 0.5) is 13.2 Å². The van der Waals surface area contributed by atoms with Gasteiger partial charge in [-0.1, -0.05) is 12.2 Å². The molecule has 0 bridgehead atoms. The minimum atomic E-state index is -4.17. The van der Waals surface area contributed by atoms with E-state index in [0.717, 1.165) is 0 Å². The van der Waals surface area contributed by atoms with Gasteiger partial charge >= 0.3 is 6.18 Å². The summed E-state index contributed by atoms with van der Waals surface area (Å²) < 4.78 is 36.7. The average molecular weight is 180 g/mol. The van der Waals surface area contributed by atoms with Crippen molar-refractivity contribution in [1.82, 2.24) is 0 Å². The Kier molecular flexibility index (Phi) is 2.77. The quantitative estimate of drug-likeness (QED) is 0.613. The van der Waals surface area contributed by atoms with E-state index in [-0.39, 0.29) is 13.0 Å². The van der Waals surface area contributed by atoms with E-state index in [0.29, 0.717) is 6.42 Å². The predicted octanol–water partition coefficient (Wildman–Crippen LogP) is 2.12. The minimum Gasteiger partial charge on any atom is -0.396 e. The van der Waals surface area contributed by atoms with Crippen LogP contribution in [0.5, 0.6) is 0 Å². The standard InChI is InChI=1S/C8H11F3O/c9-8(10,11)7-4-2-1-3-6(7)5-12/h1-2,6-7,12H,3-5H2. The number of hydrogen-bond donors (Lipinski definition) is 1. The molecule has 0 aromatic heterocycles. The summed E-state index contributed by atoms with van der Waals surface area (Å²) in [6, 6.07) is 0. The summed E-state index contributed by atoms with van der Waals surface area (Å²) in [4.78, 5) is 0. The molecular weight excluding hydrogens is 169 g/mol. The first-order valence-electron chi connectivity index (χ1n) is 3.88. The predicted molar refractivity (Wildman–Crippen MR) is 38.5 cm³/mol. The zero-order chi connectivity index (χ0) is 9.19. The van der Waals surface area contributed by atoms with Crippen LogP contribution in [-0.4, -0.2) is 17.9 Å². The summed E-state index contributed by atoms with van der Waals surface area (Å²) in [5, 5.41) is 8.69. The second-order valence-electron chi connectivity index (χ2n) is 3.03. The van der Waals surface area contributed by atoms with Crippen LogP contribution in [0.3, 0.4) is 0 Å². The highest BCUT2D eigenvalue weighted by molar-refractivity contribution is 4.96. The highest BCUT2D eigenvalue weighted by Gasteiger charge is 2.43. The van der Waals surface area contributed by atoms with E-state index in [9.17, 15) is 13.2 Å². The van der Waals surface area contributed by atoms with Gasteiger partial charge in [0.25, 0.3) is 0 Å². The smallest absolute Gasteiger partial charge is 0.392 e. The first-order valence-corrected chi connectivity index (χ1v) is 3.88. The van der Waals surface area contributed by atoms with Gasteiger partial charge in [0.15, 0.2) is 0 Å². The Hall–Kier alpha value is -0.510. The van der Waals surface area contributed by atoms with Gasteiger partial charge in [0.05, 0.1) is 5.92 Å². The van der Waals surface area contributed by atoms with Crippen LogP contribution < -0.4 is 0 Å². The molecule has 12 heavy (non-hydrogen) atoms. The van der Waals surface area contributed by atoms with Crippen molar-refractivity contribution >= 4 is 0 Å². The average Bonchev–Trinajstić information content (AvgIpc) is 2.03. The van der Waals surface area contributed by atoms with Gasteiger partial charge in [0.1, 0.15) is 0 Å². The Balaban J connectivity index is 2.67. The molecule has 0 radical (unpaired) electrons. The third-order valence-electron chi connectivity index (χ3n) is 2.22. The van der Waals surface area contributed by atoms with Gasteiger partial charge in [-0.05, 0) is 18.8 Å². The lowest BCUT2D eigenvalue weighted by molar-refractivity contribution is -0.192. The monoisotopic (exact) mass is 180 g/mol. The van der Waals surface area contributed by atoms with Crippen LogP contribution in [0.2, 0.25) is 0 Å². The lowest BCUT2D eigenvalue weighted by Gasteiger charge is -2.28. The molecule has 0 aromatic rings. The topological polar surface area (TPSA) is 20.2 Å². The third kappa shape index (κ3) is 2.00. The van der Waals surface area contributed by atoms with Gasteiger partial charge in [-0.2, -0.15) is 13.2 Å². The molecule has 0 heterocycles. The Morgan fingerprint density at radius 3 is 2.25 bits per heavy atom. The third-order valence-corrected chi connectivity index (χ3v) is 2.22. The van der Waals surface area contributed by atoms with Crippen molar-refractivity contribution in [3.05, 3.63) is 12.2 Å². The number of allylic oxidation sites excluding steroid dienone is 2. The molecule has 0 spiro atoms. The molecule has 0 fully saturated rings. The molecule has 0 amide bonds. The maximum atomic E-state index is 12.2. The van der Waals surface area contributed by atoms with Crippen LogP contribution in [-0.2, 0) is 0 Å². The summed E-state index contributed by atoms with van der Waals surface area (Å²) in [5.74, 6) is -2.00. The van der Waals surface area contributed by atoms with Crippen molar-refractivity contribution in [1.29, 1.82) is 0 Å². The van der Waals surface area contributed by atoms with Crippen LogP contribution >= 0.6 is 0 Å². The van der Waals surface area contributed by atoms with E-state index >= 15 is 0 Å². The summed E-state index contributed by atoms with van der Waals surface area (Å²) in [7, 11) is 0. The largest absolute Gasteiger partial charge is 0.396 e. The molecule has 1 nitrogen and oxygen atoms in total. The normalized spacial score (nSPS) is 30.7. The number of aliphatic hydroxyl groups excluding tert-OH is 1. The van der Waals surface area contributed by atoms with Gasteiger partial charge in [0.2, 0.25) is 0 Å². The van der Waals surface area contributed by atoms with Crippen LogP contribution in [0.25, 0.3) is 0 Å². The summed E-state index contributed by atoms with van der Waals surface area (Å²) >= 11 is 0. The Morgan fingerprint density at radius 2 is 1.83 bits per heavy atom. The fourth-order valence-electron chi connectivity index (χ4n) is 1.47. The number of halogens is 3. The molecule has 0 saturated carbocycles. The van der Waals surface area contributed by atoms with Gasteiger partial charge in [-0.3, -0.25) is 0 Å². The highest BCUT2D eigenvalue weighted by atomic mass is 19.4. The summed E-state index contributed by atoms with van der Waals surface area (Å²) in [6.07, 6.45) is -0.596. The number of aliphatic hydroxyl groups is 1. The molecule has 70 valence electrons.